The fraction of sp³-hybridized carbons (Fsp3) is 0.323. The lowest BCUT2D eigenvalue weighted by Crippen LogP contribution is -2.33. The normalized spacial score (nSPS) is 14.2. The minimum absolute atomic E-state index is 0.0226. The van der Waals surface area contributed by atoms with Crippen molar-refractivity contribution >= 4 is 28.4 Å². The number of anilines is 2. The van der Waals surface area contributed by atoms with Crippen molar-refractivity contribution in [2.75, 3.05) is 36.8 Å². The number of piperidine rings is 1. The highest BCUT2D eigenvalue weighted by molar-refractivity contribution is 6.05. The van der Waals surface area contributed by atoms with Gasteiger partial charge in [0.1, 0.15) is 5.75 Å². The zero-order valence-corrected chi connectivity index (χ0v) is 23.0. The Morgan fingerprint density at radius 1 is 1.05 bits per heavy atom. The number of amides is 1. The van der Waals surface area contributed by atoms with Gasteiger partial charge in [0.05, 0.1) is 5.52 Å². The number of ether oxygens (including phenoxy) is 1. The fourth-order valence-electron chi connectivity index (χ4n) is 4.98. The highest BCUT2D eigenvalue weighted by Gasteiger charge is 2.44. The van der Waals surface area contributed by atoms with Gasteiger partial charge in [-0.15, -0.1) is 0 Å². The van der Waals surface area contributed by atoms with Crippen molar-refractivity contribution in [3.8, 4) is 16.9 Å². The highest BCUT2D eigenvalue weighted by atomic mass is 19.3. The van der Waals surface area contributed by atoms with Crippen LogP contribution in [0.4, 0.5) is 29.2 Å². The second-order valence-corrected chi connectivity index (χ2v) is 10.2. The molecule has 1 amide bonds. The summed E-state index contributed by atoms with van der Waals surface area (Å²) in [7, 11) is 0. The Morgan fingerprint density at radius 2 is 1.83 bits per heavy atom. The summed E-state index contributed by atoms with van der Waals surface area (Å²) in [5.41, 5.74) is 3.83. The molecule has 1 aliphatic rings. The Balaban J connectivity index is 1.28. The molecule has 2 heterocycles. The van der Waals surface area contributed by atoms with Crippen molar-refractivity contribution in [2.24, 2.45) is 0 Å². The van der Waals surface area contributed by atoms with Crippen LogP contribution in [-0.4, -0.2) is 59.5 Å². The topological polar surface area (TPSA) is 79.4 Å². The summed E-state index contributed by atoms with van der Waals surface area (Å²) in [6.07, 6.45) is -3.08. The van der Waals surface area contributed by atoms with Crippen LogP contribution in [0, 0.1) is 6.92 Å². The Labute approximate surface area is 240 Å². The first-order chi connectivity index (χ1) is 20.2. The molecule has 11 heteroatoms. The van der Waals surface area contributed by atoms with Gasteiger partial charge in [-0.2, -0.15) is 17.6 Å². The van der Waals surface area contributed by atoms with E-state index in [4.69, 9.17) is 0 Å². The third-order valence-corrected chi connectivity index (χ3v) is 7.24. The molecule has 7 nitrogen and oxygen atoms in total. The monoisotopic (exact) mass is 581 g/mol. The molecule has 5 rings (SSSR count). The van der Waals surface area contributed by atoms with Crippen LogP contribution in [0.3, 0.4) is 0 Å². The van der Waals surface area contributed by atoms with Crippen LogP contribution < -0.4 is 15.4 Å². The summed E-state index contributed by atoms with van der Waals surface area (Å²) >= 11 is 0. The summed E-state index contributed by atoms with van der Waals surface area (Å²) in [4.78, 5) is 24.5. The molecular weight excluding hydrogens is 550 g/mol. The molecule has 4 aromatic rings. The largest absolute Gasteiger partial charge is 0.461 e. The van der Waals surface area contributed by atoms with Crippen molar-refractivity contribution in [2.45, 2.75) is 38.7 Å². The van der Waals surface area contributed by atoms with Crippen molar-refractivity contribution in [3.05, 3.63) is 78.0 Å². The number of nitrogens with zero attached hydrogens (tertiary/aromatic N) is 3. The van der Waals surface area contributed by atoms with Gasteiger partial charge in [-0.3, -0.25) is 4.79 Å². The lowest BCUT2D eigenvalue weighted by atomic mass is 9.98. The standard InChI is InChI=1S/C31H31F4N5O2/c1-20-25(9-6-10-26(20)38-28(41)22-7-5-8-24(18-22)42-31(34,35)29(32)33)21-11-12-27-23(17-21)19-37-30(39-27)36-13-16-40-14-3-2-4-15-40/h5-12,17-19,29H,2-4,13-16H2,1H3,(H,38,41)(H,36,37,39). The summed E-state index contributed by atoms with van der Waals surface area (Å²) in [6, 6.07) is 16.0. The molecule has 0 atom stereocenters. The number of hydrogen-bond donors (Lipinski definition) is 2. The smallest absolute Gasteiger partial charge is 0.428 e. The molecular formula is C31H31F4N5O2. The quantitative estimate of drug-likeness (QED) is 0.197. The molecule has 220 valence electrons. The molecule has 0 radical (unpaired) electrons. The van der Waals surface area contributed by atoms with Crippen LogP contribution in [0.1, 0.15) is 35.2 Å². The van der Waals surface area contributed by atoms with E-state index in [9.17, 15) is 22.4 Å². The molecule has 3 aromatic carbocycles. The number of fused-ring (bicyclic) bond motifs is 1. The second kappa shape index (κ2) is 12.7. The molecule has 1 saturated heterocycles. The molecule has 0 spiro atoms. The molecule has 42 heavy (non-hydrogen) atoms. The Bertz CT molecular complexity index is 1560. The number of rotatable bonds is 10. The molecule has 1 fully saturated rings. The van der Waals surface area contributed by atoms with Gasteiger partial charge in [-0.05, 0) is 85.9 Å². The van der Waals surface area contributed by atoms with Crippen LogP contribution in [0.15, 0.2) is 66.9 Å². The summed E-state index contributed by atoms with van der Waals surface area (Å²) in [5.74, 6) is -0.564. The van der Waals surface area contributed by atoms with Gasteiger partial charge in [0.25, 0.3) is 5.91 Å². The average Bonchev–Trinajstić information content (AvgIpc) is 2.98. The maximum atomic E-state index is 13.3. The minimum atomic E-state index is -4.67. The first-order valence-corrected chi connectivity index (χ1v) is 13.8. The summed E-state index contributed by atoms with van der Waals surface area (Å²) in [6.45, 7) is 5.87. The minimum Gasteiger partial charge on any atom is -0.428 e. The Kier molecular flexibility index (Phi) is 8.86. The van der Waals surface area contributed by atoms with Gasteiger partial charge in [0.2, 0.25) is 5.95 Å². The van der Waals surface area contributed by atoms with Gasteiger partial charge in [0, 0.05) is 35.9 Å². The molecule has 2 N–H and O–H groups in total. The maximum Gasteiger partial charge on any atom is 0.461 e. The van der Waals surface area contributed by atoms with Gasteiger partial charge >= 0.3 is 12.5 Å². The van der Waals surface area contributed by atoms with Gasteiger partial charge in [-0.1, -0.05) is 30.7 Å². The number of carbonyl (C=O) groups is 1. The van der Waals surface area contributed by atoms with E-state index < -0.39 is 24.2 Å². The third kappa shape index (κ3) is 6.96. The van der Waals surface area contributed by atoms with E-state index >= 15 is 0 Å². The van der Waals surface area contributed by atoms with Crippen molar-refractivity contribution in [1.29, 1.82) is 0 Å². The fourth-order valence-corrected chi connectivity index (χ4v) is 4.98. The zero-order chi connectivity index (χ0) is 29.7. The number of carbonyl (C=O) groups excluding carboxylic acids is 1. The number of likely N-dealkylation sites (tertiary alicyclic amines) is 1. The van der Waals surface area contributed by atoms with E-state index in [0.717, 1.165) is 65.9 Å². The number of alkyl halides is 4. The lowest BCUT2D eigenvalue weighted by molar-refractivity contribution is -0.253. The molecule has 1 aliphatic heterocycles. The van der Waals surface area contributed by atoms with Crippen LogP contribution >= 0.6 is 0 Å². The summed E-state index contributed by atoms with van der Waals surface area (Å²) in [5, 5.41) is 6.95. The van der Waals surface area contributed by atoms with E-state index in [1.807, 2.05) is 31.2 Å². The molecule has 0 unspecified atom stereocenters. The Hall–Kier alpha value is -4.25. The van der Waals surface area contributed by atoms with Crippen LogP contribution in [0.5, 0.6) is 5.75 Å². The zero-order valence-electron chi connectivity index (χ0n) is 23.0. The SMILES string of the molecule is Cc1c(NC(=O)c2cccc(OC(F)(F)C(F)F)c2)cccc1-c1ccc2nc(NCCN3CCCCC3)ncc2c1. The Morgan fingerprint density at radius 3 is 2.62 bits per heavy atom. The first-order valence-electron chi connectivity index (χ1n) is 13.8. The average molecular weight is 582 g/mol. The van der Waals surface area contributed by atoms with E-state index in [1.165, 1.54) is 31.4 Å². The van der Waals surface area contributed by atoms with Crippen molar-refractivity contribution in [3.63, 3.8) is 0 Å². The van der Waals surface area contributed by atoms with Crippen LogP contribution in [0.25, 0.3) is 22.0 Å². The third-order valence-electron chi connectivity index (χ3n) is 7.24. The summed E-state index contributed by atoms with van der Waals surface area (Å²) < 4.78 is 55.8. The van der Waals surface area contributed by atoms with Gasteiger partial charge in [-0.25, -0.2) is 9.97 Å². The lowest BCUT2D eigenvalue weighted by Gasteiger charge is -2.26. The molecule has 0 saturated carbocycles. The van der Waals surface area contributed by atoms with Crippen molar-refractivity contribution in [1.82, 2.24) is 14.9 Å². The van der Waals surface area contributed by atoms with E-state index in [1.54, 1.807) is 18.3 Å². The number of hydrogen-bond acceptors (Lipinski definition) is 6. The number of aromatic nitrogens is 2. The van der Waals surface area contributed by atoms with E-state index in [-0.39, 0.29) is 5.56 Å². The molecule has 1 aromatic heterocycles. The van der Waals surface area contributed by atoms with Gasteiger partial charge in [0.15, 0.2) is 0 Å². The van der Waals surface area contributed by atoms with E-state index in [2.05, 4.69) is 30.2 Å². The van der Waals surface area contributed by atoms with Crippen LogP contribution in [0.2, 0.25) is 0 Å². The van der Waals surface area contributed by atoms with E-state index in [0.29, 0.717) is 11.6 Å². The predicted molar refractivity (Wildman–Crippen MR) is 154 cm³/mol. The first kappa shape index (κ1) is 29.2. The van der Waals surface area contributed by atoms with Crippen molar-refractivity contribution < 1.29 is 27.1 Å². The highest BCUT2D eigenvalue weighted by Crippen LogP contribution is 2.32. The molecule has 0 bridgehead atoms. The molecule has 0 aliphatic carbocycles. The predicted octanol–water partition coefficient (Wildman–Crippen LogP) is 6.99. The number of benzene rings is 3. The second-order valence-electron chi connectivity index (χ2n) is 10.2. The van der Waals surface area contributed by atoms with Crippen LogP contribution in [-0.2, 0) is 0 Å². The van der Waals surface area contributed by atoms with Gasteiger partial charge < -0.3 is 20.3 Å². The maximum absolute atomic E-state index is 13.3. The number of halogens is 4. The number of nitrogens with one attached hydrogen (secondary N) is 2.